The van der Waals surface area contributed by atoms with Gasteiger partial charge in [-0.3, -0.25) is 4.79 Å². The first-order chi connectivity index (χ1) is 14.0. The molecule has 0 radical (unpaired) electrons. The lowest BCUT2D eigenvalue weighted by molar-refractivity contribution is -0.126. The maximum Gasteiger partial charge on any atom is 0.246 e. The van der Waals surface area contributed by atoms with Crippen LogP contribution >= 0.6 is 11.6 Å². The summed E-state index contributed by atoms with van der Waals surface area (Å²) >= 11 is 5.95. The quantitative estimate of drug-likeness (QED) is 0.671. The van der Waals surface area contributed by atoms with Crippen molar-refractivity contribution < 1.29 is 19.0 Å². The molecule has 0 aliphatic carbocycles. The fourth-order valence-electron chi connectivity index (χ4n) is 3.31. The topological polar surface area (TPSA) is 51.2 Å². The number of rotatable bonds is 6. The third-order valence-corrected chi connectivity index (χ3v) is 5.14. The van der Waals surface area contributed by atoms with E-state index in [-0.39, 0.29) is 5.91 Å². The molecule has 6 nitrogen and oxygen atoms in total. The van der Waals surface area contributed by atoms with Crippen LogP contribution in [0.1, 0.15) is 5.56 Å². The third-order valence-electron chi connectivity index (χ3n) is 4.89. The van der Waals surface area contributed by atoms with Crippen LogP contribution in [-0.4, -0.2) is 58.3 Å². The lowest BCUT2D eigenvalue weighted by atomic mass is 10.1. The summed E-state index contributed by atoms with van der Waals surface area (Å²) in [6, 6.07) is 11.4. The van der Waals surface area contributed by atoms with E-state index in [1.165, 1.54) is 0 Å². The number of hydrogen-bond acceptors (Lipinski definition) is 5. The zero-order valence-electron chi connectivity index (χ0n) is 16.9. The summed E-state index contributed by atoms with van der Waals surface area (Å²) in [7, 11) is 4.69. The molecule has 1 fully saturated rings. The molecule has 1 aliphatic rings. The average Bonchev–Trinajstić information content (AvgIpc) is 2.77. The van der Waals surface area contributed by atoms with Gasteiger partial charge in [-0.15, -0.1) is 0 Å². The fraction of sp³-hybridized carbons (Fsp3) is 0.318. The predicted molar refractivity (Wildman–Crippen MR) is 115 cm³/mol. The van der Waals surface area contributed by atoms with Crippen LogP contribution in [0.25, 0.3) is 6.08 Å². The number of anilines is 1. The first-order valence-corrected chi connectivity index (χ1v) is 9.71. The molecular formula is C22H25ClN2O4. The van der Waals surface area contributed by atoms with Crippen LogP contribution in [0.3, 0.4) is 0 Å². The van der Waals surface area contributed by atoms with Gasteiger partial charge in [0, 0.05) is 43.0 Å². The van der Waals surface area contributed by atoms with E-state index in [4.69, 9.17) is 25.8 Å². The molecule has 1 saturated heterocycles. The molecule has 2 aromatic carbocycles. The second kappa shape index (κ2) is 9.56. The minimum atomic E-state index is -0.0190. The average molecular weight is 417 g/mol. The van der Waals surface area contributed by atoms with Crippen molar-refractivity contribution in [3.05, 3.63) is 53.1 Å². The molecule has 0 bridgehead atoms. The van der Waals surface area contributed by atoms with Crippen molar-refractivity contribution in [2.75, 3.05) is 52.4 Å². The summed E-state index contributed by atoms with van der Waals surface area (Å²) in [6.45, 7) is 2.90. The SMILES string of the molecule is COc1cc(C=CC(=O)N2CCN(c3ccc(Cl)cc3)CC2)cc(OC)c1OC. The van der Waals surface area contributed by atoms with Crippen LogP contribution in [0, 0.1) is 0 Å². The Labute approximate surface area is 176 Å². The van der Waals surface area contributed by atoms with Gasteiger partial charge >= 0.3 is 0 Å². The molecule has 29 heavy (non-hydrogen) atoms. The van der Waals surface area contributed by atoms with E-state index in [1.54, 1.807) is 33.5 Å². The predicted octanol–water partition coefficient (Wildman–Crippen LogP) is 3.73. The van der Waals surface area contributed by atoms with Crippen molar-refractivity contribution in [1.82, 2.24) is 4.90 Å². The molecule has 1 aliphatic heterocycles. The highest BCUT2D eigenvalue weighted by Gasteiger charge is 2.20. The van der Waals surface area contributed by atoms with Crippen LogP contribution in [0.4, 0.5) is 5.69 Å². The van der Waals surface area contributed by atoms with Gasteiger partial charge in [0.2, 0.25) is 11.7 Å². The number of carbonyl (C=O) groups is 1. The number of benzene rings is 2. The molecule has 2 aromatic rings. The molecule has 3 rings (SSSR count). The number of ether oxygens (including phenoxy) is 3. The van der Waals surface area contributed by atoms with Gasteiger partial charge in [0.25, 0.3) is 0 Å². The second-order valence-corrected chi connectivity index (χ2v) is 7.02. The Balaban J connectivity index is 1.63. The van der Waals surface area contributed by atoms with E-state index < -0.39 is 0 Å². The number of halogens is 1. The molecule has 7 heteroatoms. The van der Waals surface area contributed by atoms with E-state index in [1.807, 2.05) is 41.3 Å². The van der Waals surface area contributed by atoms with Crippen LogP contribution in [0.2, 0.25) is 5.02 Å². The summed E-state index contributed by atoms with van der Waals surface area (Å²) in [5.74, 6) is 1.61. The van der Waals surface area contributed by atoms with Gasteiger partial charge in [-0.25, -0.2) is 0 Å². The normalized spacial score (nSPS) is 14.2. The minimum absolute atomic E-state index is 0.0190. The summed E-state index contributed by atoms with van der Waals surface area (Å²) in [6.07, 6.45) is 3.34. The van der Waals surface area contributed by atoms with Crippen molar-refractivity contribution in [1.29, 1.82) is 0 Å². The Bertz CT molecular complexity index is 850. The highest BCUT2D eigenvalue weighted by atomic mass is 35.5. The number of carbonyl (C=O) groups excluding carboxylic acids is 1. The first-order valence-electron chi connectivity index (χ1n) is 9.33. The van der Waals surface area contributed by atoms with Crippen molar-refractivity contribution in [2.45, 2.75) is 0 Å². The lowest BCUT2D eigenvalue weighted by Gasteiger charge is -2.35. The Morgan fingerprint density at radius 1 is 0.931 bits per heavy atom. The standard InChI is InChI=1S/C22H25ClN2O4/c1-27-19-14-16(15-20(28-2)22(19)29-3)4-9-21(26)25-12-10-24(11-13-25)18-7-5-17(23)6-8-18/h4-9,14-15H,10-13H2,1-3H3. The molecule has 1 amide bonds. The molecule has 154 valence electrons. The molecule has 0 atom stereocenters. The molecule has 0 unspecified atom stereocenters. The highest BCUT2D eigenvalue weighted by molar-refractivity contribution is 6.30. The summed E-state index contributed by atoms with van der Waals surface area (Å²) < 4.78 is 16.0. The molecule has 1 heterocycles. The van der Waals surface area contributed by atoms with Gasteiger partial charge in [-0.1, -0.05) is 11.6 Å². The van der Waals surface area contributed by atoms with Gasteiger partial charge < -0.3 is 24.0 Å². The number of nitrogens with zero attached hydrogens (tertiary/aromatic N) is 2. The van der Waals surface area contributed by atoms with Crippen molar-refractivity contribution in [3.63, 3.8) is 0 Å². The molecule has 0 saturated carbocycles. The van der Waals surface area contributed by atoms with E-state index in [2.05, 4.69) is 4.90 Å². The largest absolute Gasteiger partial charge is 0.493 e. The van der Waals surface area contributed by atoms with Crippen LogP contribution < -0.4 is 19.1 Å². The zero-order chi connectivity index (χ0) is 20.8. The lowest BCUT2D eigenvalue weighted by Crippen LogP contribution is -2.48. The number of methoxy groups -OCH3 is 3. The molecular weight excluding hydrogens is 392 g/mol. The van der Waals surface area contributed by atoms with Crippen LogP contribution in [0.15, 0.2) is 42.5 Å². The highest BCUT2D eigenvalue weighted by Crippen LogP contribution is 2.38. The maximum atomic E-state index is 12.6. The smallest absolute Gasteiger partial charge is 0.246 e. The molecule has 0 aromatic heterocycles. The number of amides is 1. The van der Waals surface area contributed by atoms with E-state index in [9.17, 15) is 4.79 Å². The van der Waals surface area contributed by atoms with Gasteiger partial charge in [0.1, 0.15) is 0 Å². The molecule has 0 spiro atoms. The van der Waals surface area contributed by atoms with E-state index in [0.717, 1.165) is 29.4 Å². The number of piperazine rings is 1. The summed E-state index contributed by atoms with van der Waals surface area (Å²) in [5, 5.41) is 0.722. The van der Waals surface area contributed by atoms with E-state index in [0.29, 0.717) is 30.3 Å². The molecule has 0 N–H and O–H groups in total. The minimum Gasteiger partial charge on any atom is -0.493 e. The first kappa shape index (κ1) is 20.9. The Morgan fingerprint density at radius 2 is 1.52 bits per heavy atom. The number of hydrogen-bond donors (Lipinski definition) is 0. The van der Waals surface area contributed by atoms with Gasteiger partial charge in [-0.2, -0.15) is 0 Å². The van der Waals surface area contributed by atoms with E-state index >= 15 is 0 Å². The Morgan fingerprint density at radius 3 is 2.03 bits per heavy atom. The Kier molecular flexibility index (Phi) is 6.88. The van der Waals surface area contributed by atoms with Crippen molar-refractivity contribution in [2.24, 2.45) is 0 Å². The van der Waals surface area contributed by atoms with Gasteiger partial charge in [0.15, 0.2) is 11.5 Å². The summed E-state index contributed by atoms with van der Waals surface area (Å²) in [5.41, 5.74) is 1.92. The summed E-state index contributed by atoms with van der Waals surface area (Å²) in [4.78, 5) is 16.7. The van der Waals surface area contributed by atoms with Crippen molar-refractivity contribution in [3.8, 4) is 17.2 Å². The second-order valence-electron chi connectivity index (χ2n) is 6.58. The zero-order valence-corrected chi connectivity index (χ0v) is 17.6. The van der Waals surface area contributed by atoms with Crippen LogP contribution in [-0.2, 0) is 4.79 Å². The van der Waals surface area contributed by atoms with Gasteiger partial charge in [-0.05, 0) is 48.0 Å². The van der Waals surface area contributed by atoms with Crippen LogP contribution in [0.5, 0.6) is 17.2 Å². The monoisotopic (exact) mass is 416 g/mol. The Hall–Kier alpha value is -2.86. The van der Waals surface area contributed by atoms with Crippen molar-refractivity contribution >= 4 is 29.3 Å². The van der Waals surface area contributed by atoms with Gasteiger partial charge in [0.05, 0.1) is 21.3 Å². The third kappa shape index (κ3) is 4.95. The fourth-order valence-corrected chi connectivity index (χ4v) is 3.43. The maximum absolute atomic E-state index is 12.6.